The van der Waals surface area contributed by atoms with E-state index in [1.807, 2.05) is 0 Å². The van der Waals surface area contributed by atoms with Crippen LogP contribution in [0.3, 0.4) is 0 Å². The Morgan fingerprint density at radius 3 is 3.00 bits per heavy atom. The average molecular weight is 254 g/mol. The number of carbonyl (C=O) groups excluding carboxylic acids is 1. The lowest BCUT2D eigenvalue weighted by Crippen LogP contribution is -2.23. The summed E-state index contributed by atoms with van der Waals surface area (Å²) in [6, 6.07) is 3.90. The van der Waals surface area contributed by atoms with Crippen LogP contribution >= 0.6 is 11.6 Å². The standard InChI is InChI=1S/C11H9ClFN3O/c12-8-2-1-7(5-9(8)13)11(17)16-6-10-14-3-4-15-10/h1-5H,6H2,(H,14,15)(H,16,17). The maximum atomic E-state index is 13.1. The van der Waals surface area contributed by atoms with Crippen molar-refractivity contribution in [3.63, 3.8) is 0 Å². The number of benzene rings is 1. The Morgan fingerprint density at radius 1 is 1.53 bits per heavy atom. The fourth-order valence-corrected chi connectivity index (χ4v) is 1.42. The molecule has 0 aliphatic carbocycles. The first-order chi connectivity index (χ1) is 8.16. The van der Waals surface area contributed by atoms with Gasteiger partial charge in [-0.2, -0.15) is 0 Å². The Hall–Kier alpha value is -1.88. The Labute approximate surface area is 102 Å². The third-order valence-corrected chi connectivity index (χ3v) is 2.46. The summed E-state index contributed by atoms with van der Waals surface area (Å²) in [4.78, 5) is 18.4. The minimum atomic E-state index is -0.614. The molecule has 0 saturated carbocycles. The van der Waals surface area contributed by atoms with Crippen LogP contribution in [0.25, 0.3) is 0 Å². The number of halogens is 2. The number of nitrogens with one attached hydrogen (secondary N) is 2. The topological polar surface area (TPSA) is 57.8 Å². The molecular weight excluding hydrogens is 245 g/mol. The molecule has 88 valence electrons. The van der Waals surface area contributed by atoms with Gasteiger partial charge in [-0.3, -0.25) is 4.79 Å². The number of hydrogen-bond acceptors (Lipinski definition) is 2. The van der Waals surface area contributed by atoms with E-state index in [0.717, 1.165) is 6.07 Å². The maximum absolute atomic E-state index is 13.1. The number of carbonyl (C=O) groups is 1. The van der Waals surface area contributed by atoms with Crippen LogP contribution in [-0.2, 0) is 6.54 Å². The number of hydrogen-bond donors (Lipinski definition) is 2. The fourth-order valence-electron chi connectivity index (χ4n) is 1.30. The normalized spacial score (nSPS) is 10.2. The van der Waals surface area contributed by atoms with Crippen molar-refractivity contribution >= 4 is 17.5 Å². The minimum absolute atomic E-state index is 0.00687. The zero-order chi connectivity index (χ0) is 12.3. The van der Waals surface area contributed by atoms with E-state index in [-0.39, 0.29) is 23.0 Å². The van der Waals surface area contributed by atoms with Crippen molar-refractivity contribution in [1.82, 2.24) is 15.3 Å². The summed E-state index contributed by atoms with van der Waals surface area (Å²) in [5.74, 6) is -0.359. The van der Waals surface area contributed by atoms with Gasteiger partial charge in [0.15, 0.2) is 0 Å². The number of aromatic amines is 1. The summed E-state index contributed by atoms with van der Waals surface area (Å²) in [7, 11) is 0. The molecule has 6 heteroatoms. The van der Waals surface area contributed by atoms with Gasteiger partial charge in [0.05, 0.1) is 11.6 Å². The van der Waals surface area contributed by atoms with Crippen molar-refractivity contribution in [2.24, 2.45) is 0 Å². The van der Waals surface area contributed by atoms with E-state index in [2.05, 4.69) is 15.3 Å². The molecular formula is C11H9ClFN3O. The molecule has 4 nitrogen and oxygen atoms in total. The van der Waals surface area contributed by atoms with E-state index >= 15 is 0 Å². The van der Waals surface area contributed by atoms with Gasteiger partial charge in [-0.15, -0.1) is 0 Å². The molecule has 1 amide bonds. The molecule has 0 unspecified atom stereocenters. The average Bonchev–Trinajstić information content (AvgIpc) is 2.82. The van der Waals surface area contributed by atoms with E-state index in [1.54, 1.807) is 12.4 Å². The van der Waals surface area contributed by atoms with E-state index in [0.29, 0.717) is 5.82 Å². The van der Waals surface area contributed by atoms with Crippen molar-refractivity contribution < 1.29 is 9.18 Å². The molecule has 1 heterocycles. The molecule has 0 saturated heterocycles. The van der Waals surface area contributed by atoms with Crippen LogP contribution in [0.1, 0.15) is 16.2 Å². The van der Waals surface area contributed by atoms with Gasteiger partial charge in [-0.05, 0) is 18.2 Å². The van der Waals surface area contributed by atoms with Crippen LogP contribution in [0, 0.1) is 5.82 Å². The number of amides is 1. The summed E-state index contributed by atoms with van der Waals surface area (Å²) in [5.41, 5.74) is 0.221. The first-order valence-electron chi connectivity index (χ1n) is 4.88. The molecule has 1 aromatic carbocycles. The highest BCUT2D eigenvalue weighted by atomic mass is 35.5. The van der Waals surface area contributed by atoms with Crippen LogP contribution in [0.15, 0.2) is 30.6 Å². The third kappa shape index (κ3) is 2.82. The van der Waals surface area contributed by atoms with Gasteiger partial charge in [0, 0.05) is 18.0 Å². The monoisotopic (exact) mass is 253 g/mol. The Bertz CT molecular complexity index is 528. The van der Waals surface area contributed by atoms with Crippen molar-refractivity contribution in [3.05, 3.63) is 52.8 Å². The number of rotatable bonds is 3. The molecule has 0 aliphatic heterocycles. The Kier molecular flexibility index (Phi) is 3.39. The lowest BCUT2D eigenvalue weighted by molar-refractivity contribution is 0.0949. The van der Waals surface area contributed by atoms with E-state index in [4.69, 9.17) is 11.6 Å². The van der Waals surface area contributed by atoms with E-state index in [1.165, 1.54) is 12.1 Å². The minimum Gasteiger partial charge on any atom is -0.347 e. The number of aromatic nitrogens is 2. The van der Waals surface area contributed by atoms with Crippen LogP contribution < -0.4 is 5.32 Å². The highest BCUT2D eigenvalue weighted by molar-refractivity contribution is 6.30. The summed E-state index contributed by atoms with van der Waals surface area (Å²) < 4.78 is 13.1. The van der Waals surface area contributed by atoms with Crippen LogP contribution in [0.4, 0.5) is 4.39 Å². The molecule has 2 N–H and O–H groups in total. The van der Waals surface area contributed by atoms with Crippen molar-refractivity contribution in [3.8, 4) is 0 Å². The van der Waals surface area contributed by atoms with E-state index < -0.39 is 5.82 Å². The lowest BCUT2D eigenvalue weighted by atomic mass is 10.2. The largest absolute Gasteiger partial charge is 0.347 e. The van der Waals surface area contributed by atoms with Crippen molar-refractivity contribution in [2.45, 2.75) is 6.54 Å². The van der Waals surface area contributed by atoms with Crippen molar-refractivity contribution in [1.29, 1.82) is 0 Å². The van der Waals surface area contributed by atoms with Gasteiger partial charge in [0.2, 0.25) is 0 Å². The number of H-pyrrole nitrogens is 1. The quantitative estimate of drug-likeness (QED) is 0.880. The predicted octanol–water partition coefficient (Wildman–Crippen LogP) is 2.13. The third-order valence-electron chi connectivity index (χ3n) is 2.15. The summed E-state index contributed by atoms with van der Waals surface area (Å²) in [6.45, 7) is 0.260. The second-order valence-electron chi connectivity index (χ2n) is 3.35. The van der Waals surface area contributed by atoms with Gasteiger partial charge in [-0.1, -0.05) is 11.6 Å². The summed E-state index contributed by atoms with van der Waals surface area (Å²) >= 11 is 5.52. The smallest absolute Gasteiger partial charge is 0.251 e. The highest BCUT2D eigenvalue weighted by Gasteiger charge is 2.08. The zero-order valence-electron chi connectivity index (χ0n) is 8.71. The fraction of sp³-hybridized carbons (Fsp3) is 0.0909. The zero-order valence-corrected chi connectivity index (χ0v) is 9.46. The molecule has 17 heavy (non-hydrogen) atoms. The second kappa shape index (κ2) is 4.97. The van der Waals surface area contributed by atoms with Crippen LogP contribution in [0.2, 0.25) is 5.02 Å². The summed E-state index contributed by atoms with van der Waals surface area (Å²) in [5, 5.41) is 2.60. The van der Waals surface area contributed by atoms with Gasteiger partial charge >= 0.3 is 0 Å². The molecule has 0 radical (unpaired) electrons. The number of imidazole rings is 1. The second-order valence-corrected chi connectivity index (χ2v) is 3.75. The summed E-state index contributed by atoms with van der Waals surface area (Å²) in [6.07, 6.45) is 3.24. The van der Waals surface area contributed by atoms with Crippen molar-refractivity contribution in [2.75, 3.05) is 0 Å². The van der Waals surface area contributed by atoms with E-state index in [9.17, 15) is 9.18 Å². The highest BCUT2D eigenvalue weighted by Crippen LogP contribution is 2.15. The lowest BCUT2D eigenvalue weighted by Gasteiger charge is -2.04. The Balaban J connectivity index is 2.02. The molecule has 1 aromatic heterocycles. The molecule has 0 atom stereocenters. The van der Waals surface area contributed by atoms with Crippen LogP contribution in [0.5, 0.6) is 0 Å². The van der Waals surface area contributed by atoms with Gasteiger partial charge < -0.3 is 10.3 Å². The number of nitrogens with zero attached hydrogens (tertiary/aromatic N) is 1. The first kappa shape index (κ1) is 11.6. The van der Waals surface area contributed by atoms with Gasteiger partial charge in [0.25, 0.3) is 5.91 Å². The van der Waals surface area contributed by atoms with Gasteiger partial charge in [-0.25, -0.2) is 9.37 Å². The Morgan fingerprint density at radius 2 is 2.35 bits per heavy atom. The molecule has 2 aromatic rings. The molecule has 0 bridgehead atoms. The molecule has 0 spiro atoms. The molecule has 2 rings (SSSR count). The molecule has 0 fully saturated rings. The maximum Gasteiger partial charge on any atom is 0.251 e. The first-order valence-corrected chi connectivity index (χ1v) is 5.26. The molecule has 0 aliphatic rings. The van der Waals surface area contributed by atoms with Crippen LogP contribution in [-0.4, -0.2) is 15.9 Å². The van der Waals surface area contributed by atoms with Gasteiger partial charge in [0.1, 0.15) is 11.6 Å². The predicted molar refractivity (Wildman–Crippen MR) is 61.2 cm³/mol. The SMILES string of the molecule is O=C(NCc1ncc[nH]1)c1ccc(Cl)c(F)c1.